The van der Waals surface area contributed by atoms with Crippen LogP contribution in [0.1, 0.15) is 46.6 Å². The van der Waals surface area contributed by atoms with Gasteiger partial charge in [0.25, 0.3) is 5.91 Å². The van der Waals surface area contributed by atoms with Crippen LogP contribution in [0.4, 0.5) is 19.0 Å². The van der Waals surface area contributed by atoms with E-state index in [0.717, 1.165) is 29.3 Å². The van der Waals surface area contributed by atoms with E-state index in [1.165, 1.54) is 25.3 Å². The van der Waals surface area contributed by atoms with Crippen molar-refractivity contribution in [1.82, 2.24) is 14.9 Å². The molecule has 2 aromatic carbocycles. The molecule has 0 spiro atoms. The number of pyridine rings is 1. The number of carbonyl (C=O) groups excluding carboxylic acids is 1. The maximum atomic E-state index is 15.5. The lowest BCUT2D eigenvalue weighted by molar-refractivity contribution is -0.0773. The predicted octanol–water partition coefficient (Wildman–Crippen LogP) is 5.27. The van der Waals surface area contributed by atoms with Gasteiger partial charge >= 0.3 is 0 Å². The van der Waals surface area contributed by atoms with Gasteiger partial charge in [0.15, 0.2) is 0 Å². The number of aromatic nitrogens is 2. The van der Waals surface area contributed by atoms with Crippen LogP contribution >= 0.6 is 0 Å². The first kappa shape index (κ1) is 27.3. The minimum absolute atomic E-state index is 0.0603. The zero-order valence-corrected chi connectivity index (χ0v) is 22.5. The molecule has 3 N–H and O–H groups in total. The summed E-state index contributed by atoms with van der Waals surface area (Å²) in [6.07, 6.45) is -0.190. The van der Waals surface area contributed by atoms with E-state index < -0.39 is 29.6 Å². The third-order valence-corrected chi connectivity index (χ3v) is 7.93. The van der Waals surface area contributed by atoms with E-state index in [-0.39, 0.29) is 47.5 Å². The second kappa shape index (κ2) is 10.8. The molecule has 41 heavy (non-hydrogen) atoms. The van der Waals surface area contributed by atoms with Crippen LogP contribution in [0.5, 0.6) is 0 Å². The van der Waals surface area contributed by atoms with Gasteiger partial charge in [-0.1, -0.05) is 18.2 Å². The first-order valence-corrected chi connectivity index (χ1v) is 13.3. The number of nitrogens with two attached hydrogens (primary N) is 1. The fourth-order valence-electron chi connectivity index (χ4n) is 5.82. The van der Waals surface area contributed by atoms with Crippen molar-refractivity contribution in [3.8, 4) is 11.1 Å². The zero-order chi connectivity index (χ0) is 28.8. The zero-order valence-electron chi connectivity index (χ0n) is 22.5. The van der Waals surface area contributed by atoms with Crippen LogP contribution in [0, 0.1) is 17.5 Å². The number of nitrogens with zero attached hydrogens (tertiary/aromatic N) is 2. The number of nitrogen functional groups attached to an aromatic ring is 1. The van der Waals surface area contributed by atoms with E-state index in [2.05, 4.69) is 9.97 Å². The molecule has 2 aliphatic heterocycles. The van der Waals surface area contributed by atoms with Crippen molar-refractivity contribution in [1.29, 1.82) is 0 Å². The van der Waals surface area contributed by atoms with Gasteiger partial charge in [-0.15, -0.1) is 0 Å². The number of fused-ring (bicyclic) bond motifs is 3. The molecule has 11 heteroatoms. The van der Waals surface area contributed by atoms with Crippen LogP contribution in [-0.2, 0) is 27.4 Å². The number of ether oxygens (including phenoxy) is 3. The number of benzene rings is 2. The standard InChI is InChI=1S/C30H29F3N4O4/c1-15-26-18(13-41-15)28-22(36-29(26)34)11-23(35-28)30(38)37(24-8-9-40-14-25(24)39-2)12-17-7-6-16(10-21(17)33)27-19(31)4-3-5-20(27)32/h3-7,10-11,15,24-25,35H,8-9,12-14H2,1-2H3,(H2,34,36)/t15-,24-,25-/m1/s1. The summed E-state index contributed by atoms with van der Waals surface area (Å²) < 4.78 is 61.1. The largest absolute Gasteiger partial charge is 0.383 e. The Morgan fingerprint density at radius 1 is 1.17 bits per heavy atom. The molecule has 0 aliphatic carbocycles. The summed E-state index contributed by atoms with van der Waals surface area (Å²) in [5, 5.41) is 0. The Kier molecular flexibility index (Phi) is 7.18. The van der Waals surface area contributed by atoms with Gasteiger partial charge in [-0.3, -0.25) is 4.79 Å². The van der Waals surface area contributed by atoms with Gasteiger partial charge in [-0.2, -0.15) is 0 Å². The fourth-order valence-corrected chi connectivity index (χ4v) is 5.82. The molecule has 1 saturated heterocycles. The Bertz CT molecular complexity index is 1620. The number of hydrogen-bond donors (Lipinski definition) is 2. The van der Waals surface area contributed by atoms with Crippen molar-refractivity contribution in [3.63, 3.8) is 0 Å². The molecule has 1 amide bonds. The molecule has 0 radical (unpaired) electrons. The topological polar surface area (TPSA) is 103 Å². The van der Waals surface area contributed by atoms with Crippen molar-refractivity contribution in [2.45, 2.75) is 44.7 Å². The third kappa shape index (κ3) is 4.83. The lowest BCUT2D eigenvalue weighted by atomic mass is 10.00. The molecule has 4 aromatic rings. The number of halogens is 3. The lowest BCUT2D eigenvalue weighted by Crippen LogP contribution is -2.52. The summed E-state index contributed by atoms with van der Waals surface area (Å²) in [4.78, 5) is 23.3. The highest BCUT2D eigenvalue weighted by atomic mass is 19.1. The van der Waals surface area contributed by atoms with E-state index in [4.69, 9.17) is 19.9 Å². The minimum atomic E-state index is -0.793. The van der Waals surface area contributed by atoms with Crippen molar-refractivity contribution in [3.05, 3.63) is 82.3 Å². The molecule has 0 bridgehead atoms. The Balaban J connectivity index is 1.38. The summed E-state index contributed by atoms with van der Waals surface area (Å²) in [5.74, 6) is -2.32. The van der Waals surface area contributed by atoms with E-state index >= 15 is 4.39 Å². The average Bonchev–Trinajstić information content (AvgIpc) is 3.56. The summed E-state index contributed by atoms with van der Waals surface area (Å²) >= 11 is 0. The van der Waals surface area contributed by atoms with Crippen LogP contribution in [0.25, 0.3) is 22.2 Å². The molecule has 0 saturated carbocycles. The lowest BCUT2D eigenvalue weighted by Gasteiger charge is -2.39. The van der Waals surface area contributed by atoms with Gasteiger partial charge in [0.05, 0.1) is 42.0 Å². The monoisotopic (exact) mass is 566 g/mol. The molecule has 1 fully saturated rings. The van der Waals surface area contributed by atoms with Crippen LogP contribution in [-0.4, -0.2) is 53.2 Å². The second-order valence-corrected chi connectivity index (χ2v) is 10.3. The highest BCUT2D eigenvalue weighted by Gasteiger charge is 2.36. The van der Waals surface area contributed by atoms with Crippen molar-refractivity contribution < 1.29 is 32.2 Å². The Morgan fingerprint density at radius 3 is 2.68 bits per heavy atom. The number of hydrogen-bond acceptors (Lipinski definition) is 6. The van der Waals surface area contributed by atoms with Gasteiger partial charge in [-0.25, -0.2) is 18.2 Å². The van der Waals surface area contributed by atoms with Crippen molar-refractivity contribution in [2.24, 2.45) is 0 Å². The first-order chi connectivity index (χ1) is 19.8. The number of amides is 1. The smallest absolute Gasteiger partial charge is 0.271 e. The molecular formula is C30H29F3N4O4. The Morgan fingerprint density at radius 2 is 1.95 bits per heavy atom. The predicted molar refractivity (Wildman–Crippen MR) is 145 cm³/mol. The highest BCUT2D eigenvalue weighted by Crippen LogP contribution is 2.38. The van der Waals surface area contributed by atoms with Gasteiger partial charge in [0, 0.05) is 37.0 Å². The van der Waals surface area contributed by atoms with Crippen LogP contribution in [0.3, 0.4) is 0 Å². The quantitative estimate of drug-likeness (QED) is 0.330. The summed E-state index contributed by atoms with van der Waals surface area (Å²) in [7, 11) is 1.54. The number of nitrogens with one attached hydrogen (secondary N) is 1. The van der Waals surface area contributed by atoms with E-state index in [0.29, 0.717) is 36.5 Å². The van der Waals surface area contributed by atoms with Gasteiger partial charge in [0.2, 0.25) is 0 Å². The van der Waals surface area contributed by atoms with Crippen molar-refractivity contribution >= 4 is 22.8 Å². The van der Waals surface area contributed by atoms with E-state index in [1.54, 1.807) is 11.0 Å². The second-order valence-electron chi connectivity index (χ2n) is 10.3. The molecule has 2 aliphatic rings. The number of rotatable bonds is 6. The summed E-state index contributed by atoms with van der Waals surface area (Å²) in [6, 6.07) is 8.65. The molecule has 3 atom stereocenters. The normalized spacial score (nSPS) is 20.4. The summed E-state index contributed by atoms with van der Waals surface area (Å²) in [6.45, 7) is 2.78. The minimum Gasteiger partial charge on any atom is -0.383 e. The molecule has 2 aromatic heterocycles. The van der Waals surface area contributed by atoms with Gasteiger partial charge in [-0.05, 0) is 43.2 Å². The number of methoxy groups -OCH3 is 1. The van der Waals surface area contributed by atoms with Gasteiger partial charge < -0.3 is 29.8 Å². The summed E-state index contributed by atoms with van der Waals surface area (Å²) in [5.41, 5.74) is 9.23. The number of anilines is 1. The number of H-pyrrole nitrogens is 1. The maximum absolute atomic E-state index is 15.5. The third-order valence-electron chi connectivity index (χ3n) is 7.93. The first-order valence-electron chi connectivity index (χ1n) is 13.3. The highest BCUT2D eigenvalue weighted by molar-refractivity contribution is 5.98. The molecule has 4 heterocycles. The fraction of sp³-hybridized carbons (Fsp3) is 0.333. The molecule has 214 valence electrons. The number of carbonyl (C=O) groups is 1. The molecule has 0 unspecified atom stereocenters. The molecular weight excluding hydrogens is 537 g/mol. The Hall–Kier alpha value is -3.93. The molecule has 8 nitrogen and oxygen atoms in total. The molecule has 6 rings (SSSR count). The maximum Gasteiger partial charge on any atom is 0.271 e. The van der Waals surface area contributed by atoms with Gasteiger partial charge in [0.1, 0.15) is 35.1 Å². The Labute approximate surface area is 234 Å². The average molecular weight is 567 g/mol. The van der Waals surface area contributed by atoms with Crippen molar-refractivity contribution in [2.75, 3.05) is 26.1 Å². The van der Waals surface area contributed by atoms with Crippen LogP contribution in [0.15, 0.2) is 42.5 Å². The van der Waals surface area contributed by atoms with Crippen LogP contribution in [0.2, 0.25) is 0 Å². The number of aromatic amines is 1. The SMILES string of the molecule is CO[C@@H]1COCC[C@H]1N(Cc1ccc(-c2c(F)cccc2F)cc1F)C(=O)c1cc2nc(N)c3c(c2[nH]1)CO[C@@H]3C. The van der Waals surface area contributed by atoms with E-state index in [1.807, 2.05) is 6.92 Å². The van der Waals surface area contributed by atoms with E-state index in [9.17, 15) is 13.6 Å². The van der Waals surface area contributed by atoms with Crippen LogP contribution < -0.4 is 5.73 Å².